The molecule has 1 saturated heterocycles. The lowest BCUT2D eigenvalue weighted by atomic mass is 10.1. The Morgan fingerprint density at radius 3 is 2.89 bits per heavy atom. The van der Waals surface area contributed by atoms with E-state index in [-0.39, 0.29) is 29.9 Å². The van der Waals surface area contributed by atoms with E-state index in [4.69, 9.17) is 10.8 Å². The zero-order chi connectivity index (χ0) is 13.8. The molecule has 1 amide bonds. The summed E-state index contributed by atoms with van der Waals surface area (Å²) >= 11 is 1.64. The summed E-state index contributed by atoms with van der Waals surface area (Å²) in [4.78, 5) is 32.5. The van der Waals surface area contributed by atoms with Crippen LogP contribution in [0.2, 0.25) is 0 Å². The number of hydrogen-bond acceptors (Lipinski definition) is 6. The van der Waals surface area contributed by atoms with Gasteiger partial charge in [-0.25, -0.2) is 9.97 Å². The molecule has 0 spiro atoms. The van der Waals surface area contributed by atoms with Crippen molar-refractivity contribution in [3.63, 3.8) is 0 Å². The van der Waals surface area contributed by atoms with Gasteiger partial charge in [0.2, 0.25) is 0 Å². The van der Waals surface area contributed by atoms with E-state index in [9.17, 15) is 9.59 Å². The Morgan fingerprint density at radius 2 is 2.21 bits per heavy atom. The first-order valence-corrected chi connectivity index (χ1v) is 6.92. The molecular weight excluding hydrogens is 268 g/mol. The first-order chi connectivity index (χ1) is 9.09. The number of thioether (sulfide) groups is 1. The number of amides is 1. The van der Waals surface area contributed by atoms with E-state index < -0.39 is 5.97 Å². The van der Waals surface area contributed by atoms with Crippen molar-refractivity contribution in [3.8, 4) is 0 Å². The van der Waals surface area contributed by atoms with E-state index >= 15 is 0 Å². The summed E-state index contributed by atoms with van der Waals surface area (Å²) in [6.45, 7) is 0.497. The van der Waals surface area contributed by atoms with Crippen LogP contribution >= 0.6 is 11.8 Å². The number of carbonyl (C=O) groups is 2. The van der Waals surface area contributed by atoms with Gasteiger partial charge in [0.15, 0.2) is 11.5 Å². The van der Waals surface area contributed by atoms with Gasteiger partial charge in [-0.2, -0.15) is 11.8 Å². The predicted molar refractivity (Wildman–Crippen MR) is 70.8 cm³/mol. The number of carboxylic acids is 1. The molecule has 1 atom stereocenters. The highest BCUT2D eigenvalue weighted by Crippen LogP contribution is 2.21. The molecule has 0 aliphatic carbocycles. The number of carbonyl (C=O) groups excluding carboxylic acids is 1. The largest absolute Gasteiger partial charge is 0.481 e. The monoisotopic (exact) mass is 282 g/mol. The molecule has 1 aromatic rings. The maximum Gasteiger partial charge on any atom is 0.305 e. The Morgan fingerprint density at radius 1 is 1.47 bits per heavy atom. The number of aliphatic carboxylic acids is 1. The van der Waals surface area contributed by atoms with Crippen LogP contribution in [0.5, 0.6) is 0 Å². The summed E-state index contributed by atoms with van der Waals surface area (Å²) in [7, 11) is 0. The van der Waals surface area contributed by atoms with Gasteiger partial charge in [0.1, 0.15) is 0 Å². The Balaban J connectivity index is 2.20. The van der Waals surface area contributed by atoms with Crippen LogP contribution < -0.4 is 5.73 Å². The highest BCUT2D eigenvalue weighted by Gasteiger charge is 2.31. The van der Waals surface area contributed by atoms with Crippen molar-refractivity contribution in [2.24, 2.45) is 0 Å². The number of nitrogens with two attached hydrogens (primary N) is 1. The highest BCUT2D eigenvalue weighted by molar-refractivity contribution is 7.99. The summed E-state index contributed by atoms with van der Waals surface area (Å²) in [5.41, 5.74) is 5.72. The molecule has 19 heavy (non-hydrogen) atoms. The molecule has 1 fully saturated rings. The molecule has 2 rings (SSSR count). The minimum absolute atomic E-state index is 0.0693. The Kier molecular flexibility index (Phi) is 4.20. The molecule has 2 heterocycles. The van der Waals surface area contributed by atoms with Gasteiger partial charge in [0.05, 0.1) is 12.5 Å². The normalized spacial score (nSPS) is 19.2. The van der Waals surface area contributed by atoms with Gasteiger partial charge in [-0.3, -0.25) is 9.59 Å². The van der Waals surface area contributed by atoms with Crippen LogP contribution in [0.3, 0.4) is 0 Å². The maximum atomic E-state index is 12.4. The minimum Gasteiger partial charge on any atom is -0.481 e. The standard InChI is InChI=1S/C11H14N4O3S/c12-10-9(13-1-2-14-10)11(18)15-3-4-19-6-7(15)5-8(16)17/h1-2,7H,3-6H2,(H2,12,14)(H,16,17). The zero-order valence-corrected chi connectivity index (χ0v) is 11.0. The Labute approximate surface area is 114 Å². The lowest BCUT2D eigenvalue weighted by molar-refractivity contribution is -0.138. The number of rotatable bonds is 3. The predicted octanol–water partition coefficient (Wildman–Crippen LogP) is 0.0911. The lowest BCUT2D eigenvalue weighted by Gasteiger charge is -2.34. The molecule has 8 heteroatoms. The smallest absolute Gasteiger partial charge is 0.305 e. The fraction of sp³-hybridized carbons (Fsp3) is 0.455. The van der Waals surface area contributed by atoms with Crippen LogP contribution in [0.25, 0.3) is 0 Å². The van der Waals surface area contributed by atoms with Gasteiger partial charge >= 0.3 is 5.97 Å². The fourth-order valence-corrected chi connectivity index (χ4v) is 3.00. The van der Waals surface area contributed by atoms with Gasteiger partial charge in [0, 0.05) is 30.4 Å². The van der Waals surface area contributed by atoms with Crippen molar-refractivity contribution in [3.05, 3.63) is 18.1 Å². The molecule has 7 nitrogen and oxygen atoms in total. The first kappa shape index (κ1) is 13.6. The second kappa shape index (κ2) is 5.87. The van der Waals surface area contributed by atoms with Crippen LogP contribution in [0.4, 0.5) is 5.82 Å². The second-order valence-corrected chi connectivity index (χ2v) is 5.27. The molecule has 1 aromatic heterocycles. The summed E-state index contributed by atoms with van der Waals surface area (Å²) < 4.78 is 0. The summed E-state index contributed by atoms with van der Waals surface area (Å²) in [6.07, 6.45) is 2.74. The van der Waals surface area contributed by atoms with Gasteiger partial charge in [-0.15, -0.1) is 0 Å². The van der Waals surface area contributed by atoms with Crippen molar-refractivity contribution in [2.75, 3.05) is 23.8 Å². The fourth-order valence-electron chi connectivity index (χ4n) is 1.94. The van der Waals surface area contributed by atoms with E-state index in [1.54, 1.807) is 11.8 Å². The molecule has 1 aliphatic rings. The molecule has 0 bridgehead atoms. The van der Waals surface area contributed by atoms with Crippen LogP contribution in [0, 0.1) is 0 Å². The van der Waals surface area contributed by atoms with Crippen LogP contribution in [-0.4, -0.2) is 55.9 Å². The molecule has 0 radical (unpaired) electrons. The van der Waals surface area contributed by atoms with Crippen molar-refractivity contribution < 1.29 is 14.7 Å². The highest BCUT2D eigenvalue weighted by atomic mass is 32.2. The Hall–Kier alpha value is -1.83. The summed E-state index contributed by atoms with van der Waals surface area (Å²) in [6, 6.07) is -0.329. The van der Waals surface area contributed by atoms with Crippen LogP contribution in [-0.2, 0) is 4.79 Å². The molecule has 1 unspecified atom stereocenters. The second-order valence-electron chi connectivity index (χ2n) is 4.12. The number of aromatic nitrogens is 2. The quantitative estimate of drug-likeness (QED) is 0.808. The summed E-state index contributed by atoms with van der Waals surface area (Å²) in [5.74, 6) is 0.189. The third-order valence-electron chi connectivity index (χ3n) is 2.83. The summed E-state index contributed by atoms with van der Waals surface area (Å²) in [5, 5.41) is 8.89. The number of nitrogen functional groups attached to an aromatic ring is 1. The zero-order valence-electron chi connectivity index (χ0n) is 10.2. The SMILES string of the molecule is Nc1nccnc1C(=O)N1CCSCC1CC(=O)O. The van der Waals surface area contributed by atoms with Crippen molar-refractivity contribution in [2.45, 2.75) is 12.5 Å². The Bertz CT molecular complexity index is 497. The van der Waals surface area contributed by atoms with Gasteiger partial charge < -0.3 is 15.7 Å². The van der Waals surface area contributed by atoms with Gasteiger partial charge in [-0.05, 0) is 0 Å². The van der Waals surface area contributed by atoms with Crippen molar-refractivity contribution in [1.82, 2.24) is 14.9 Å². The van der Waals surface area contributed by atoms with Gasteiger partial charge in [-0.1, -0.05) is 0 Å². The molecule has 0 saturated carbocycles. The molecule has 102 valence electrons. The van der Waals surface area contributed by atoms with E-state index in [0.29, 0.717) is 12.3 Å². The van der Waals surface area contributed by atoms with Crippen LogP contribution in [0.1, 0.15) is 16.9 Å². The number of hydrogen-bond donors (Lipinski definition) is 2. The lowest BCUT2D eigenvalue weighted by Crippen LogP contribution is -2.47. The first-order valence-electron chi connectivity index (χ1n) is 5.76. The van der Waals surface area contributed by atoms with Crippen LogP contribution in [0.15, 0.2) is 12.4 Å². The van der Waals surface area contributed by atoms with E-state index in [0.717, 1.165) is 5.75 Å². The number of anilines is 1. The molecule has 3 N–H and O–H groups in total. The molecule has 0 aromatic carbocycles. The minimum atomic E-state index is -0.919. The molecular formula is C11H14N4O3S. The van der Waals surface area contributed by atoms with Gasteiger partial charge in [0.25, 0.3) is 5.91 Å². The average Bonchev–Trinajstić information content (AvgIpc) is 2.38. The van der Waals surface area contributed by atoms with Crippen molar-refractivity contribution >= 4 is 29.5 Å². The van der Waals surface area contributed by atoms with E-state index in [2.05, 4.69) is 9.97 Å². The van der Waals surface area contributed by atoms with E-state index in [1.807, 2.05) is 0 Å². The third-order valence-corrected chi connectivity index (χ3v) is 3.92. The van der Waals surface area contributed by atoms with Crippen molar-refractivity contribution in [1.29, 1.82) is 0 Å². The molecule has 1 aliphatic heterocycles. The maximum absolute atomic E-state index is 12.4. The van der Waals surface area contributed by atoms with E-state index in [1.165, 1.54) is 17.3 Å². The third kappa shape index (κ3) is 3.14. The number of carboxylic acid groups (broad SMARTS) is 1. The topological polar surface area (TPSA) is 109 Å². The average molecular weight is 282 g/mol. The number of nitrogens with zero attached hydrogens (tertiary/aromatic N) is 3.